The molecule has 0 saturated heterocycles. The number of aromatic nitrogens is 1. The first-order valence-electron chi connectivity index (χ1n) is 9.25. The molecule has 0 saturated carbocycles. The van der Waals surface area contributed by atoms with Gasteiger partial charge in [0, 0.05) is 32.1 Å². The quantitative estimate of drug-likeness (QED) is 0.509. The Kier molecular flexibility index (Phi) is 7.58. The van der Waals surface area contributed by atoms with Crippen molar-refractivity contribution in [3.63, 3.8) is 0 Å². The fourth-order valence-corrected chi connectivity index (χ4v) is 3.47. The van der Waals surface area contributed by atoms with E-state index in [2.05, 4.69) is 22.0 Å². The van der Waals surface area contributed by atoms with E-state index in [-0.39, 0.29) is 6.03 Å². The monoisotopic (exact) mass is 431 g/mol. The third-order valence-corrected chi connectivity index (χ3v) is 5.15. The largest absolute Gasteiger partial charge is 0.383 e. The minimum atomic E-state index is -0.287. The number of halogens is 2. The van der Waals surface area contributed by atoms with E-state index in [0.717, 1.165) is 12.2 Å². The normalized spacial score (nSPS) is 10.7. The fourth-order valence-electron chi connectivity index (χ4n) is 2.98. The topological polar surface area (TPSA) is 46.5 Å². The van der Waals surface area contributed by atoms with Crippen LogP contribution in [0.15, 0.2) is 66.9 Å². The summed E-state index contributed by atoms with van der Waals surface area (Å²) in [5.41, 5.74) is 2.62. The minimum Gasteiger partial charge on any atom is -0.383 e. The van der Waals surface area contributed by atoms with Gasteiger partial charge in [0.05, 0.1) is 28.9 Å². The van der Waals surface area contributed by atoms with Crippen molar-refractivity contribution in [3.8, 4) is 0 Å². The molecule has 7 heteroatoms. The van der Waals surface area contributed by atoms with Gasteiger partial charge in [0.1, 0.15) is 0 Å². The van der Waals surface area contributed by atoms with Crippen LogP contribution < -0.4 is 5.32 Å². The van der Waals surface area contributed by atoms with Gasteiger partial charge in [-0.2, -0.15) is 0 Å². The van der Waals surface area contributed by atoms with E-state index in [9.17, 15) is 4.79 Å². The van der Waals surface area contributed by atoms with E-state index in [1.807, 2.05) is 36.5 Å². The van der Waals surface area contributed by atoms with E-state index in [4.69, 9.17) is 27.9 Å². The predicted octanol–water partition coefficient (Wildman–Crippen LogP) is 5.52. The van der Waals surface area contributed by atoms with Gasteiger partial charge < -0.3 is 19.5 Å². The lowest BCUT2D eigenvalue weighted by atomic mass is 10.2. The van der Waals surface area contributed by atoms with E-state index < -0.39 is 0 Å². The van der Waals surface area contributed by atoms with E-state index in [1.165, 1.54) is 5.56 Å². The molecule has 2 amide bonds. The summed E-state index contributed by atoms with van der Waals surface area (Å²) in [5.74, 6) is 0. The molecule has 1 N–H and O–H groups in total. The number of hydrogen-bond donors (Lipinski definition) is 1. The van der Waals surface area contributed by atoms with E-state index in [1.54, 1.807) is 30.2 Å². The molecular formula is C22H23Cl2N3O2. The molecule has 2 aromatic carbocycles. The summed E-state index contributed by atoms with van der Waals surface area (Å²) in [6.07, 6.45) is 2.01. The van der Waals surface area contributed by atoms with Gasteiger partial charge in [-0.3, -0.25) is 0 Å². The van der Waals surface area contributed by atoms with E-state index in [0.29, 0.717) is 35.4 Å². The maximum absolute atomic E-state index is 13.0. The van der Waals surface area contributed by atoms with Gasteiger partial charge in [-0.25, -0.2) is 4.79 Å². The third kappa shape index (κ3) is 5.76. The number of ether oxygens (including phenoxy) is 1. The number of urea groups is 1. The highest BCUT2D eigenvalue weighted by atomic mass is 35.5. The van der Waals surface area contributed by atoms with Crippen LogP contribution in [0.25, 0.3) is 0 Å². The number of methoxy groups -OCH3 is 1. The van der Waals surface area contributed by atoms with Gasteiger partial charge >= 0.3 is 6.03 Å². The summed E-state index contributed by atoms with van der Waals surface area (Å²) < 4.78 is 7.31. The summed E-state index contributed by atoms with van der Waals surface area (Å²) in [6, 6.07) is 19.0. The van der Waals surface area contributed by atoms with E-state index >= 15 is 0 Å². The second-order valence-electron chi connectivity index (χ2n) is 6.55. The van der Waals surface area contributed by atoms with Gasteiger partial charge in [-0.15, -0.1) is 0 Å². The SMILES string of the molecule is COCCN(Cc1cccn1Cc1ccccc1)C(=O)Nc1c(Cl)cccc1Cl. The zero-order valence-corrected chi connectivity index (χ0v) is 17.7. The highest BCUT2D eigenvalue weighted by Gasteiger charge is 2.18. The molecule has 0 aliphatic rings. The molecule has 1 heterocycles. The van der Waals surface area contributed by atoms with Crippen LogP contribution in [0.5, 0.6) is 0 Å². The highest BCUT2D eigenvalue weighted by Crippen LogP contribution is 2.30. The van der Waals surface area contributed by atoms with Crippen LogP contribution in [-0.4, -0.2) is 35.8 Å². The molecule has 0 bridgehead atoms. The molecule has 1 aromatic heterocycles. The maximum Gasteiger partial charge on any atom is 0.322 e. The van der Waals surface area contributed by atoms with Gasteiger partial charge in [-0.1, -0.05) is 59.6 Å². The van der Waals surface area contributed by atoms with Crippen LogP contribution in [0.2, 0.25) is 10.0 Å². The smallest absolute Gasteiger partial charge is 0.322 e. The van der Waals surface area contributed by atoms with Crippen LogP contribution >= 0.6 is 23.2 Å². The minimum absolute atomic E-state index is 0.287. The Morgan fingerprint density at radius 3 is 2.45 bits per heavy atom. The first kappa shape index (κ1) is 21.2. The number of benzene rings is 2. The molecule has 5 nitrogen and oxygen atoms in total. The standard InChI is InChI=1S/C22H23Cl2N3O2/c1-29-14-13-27(22(28)25-21-19(23)10-5-11-20(21)24)16-18-9-6-12-26(18)15-17-7-3-2-4-8-17/h2-12H,13-16H2,1H3,(H,25,28). The fraction of sp³-hybridized carbons (Fsp3) is 0.227. The van der Waals surface area contributed by atoms with Crippen molar-refractivity contribution in [3.05, 3.63) is 88.2 Å². The lowest BCUT2D eigenvalue weighted by molar-refractivity contribution is 0.152. The molecule has 152 valence electrons. The number of nitrogens with zero attached hydrogens (tertiary/aromatic N) is 2. The summed E-state index contributed by atoms with van der Waals surface area (Å²) in [4.78, 5) is 14.6. The maximum atomic E-state index is 13.0. The third-order valence-electron chi connectivity index (χ3n) is 4.52. The Morgan fingerprint density at radius 2 is 1.76 bits per heavy atom. The number of amides is 2. The first-order chi connectivity index (χ1) is 14.1. The molecule has 3 aromatic rings. The van der Waals surface area contributed by atoms with Crippen molar-refractivity contribution in [2.45, 2.75) is 13.1 Å². The van der Waals surface area contributed by atoms with Crippen LogP contribution in [0.1, 0.15) is 11.3 Å². The Hall–Kier alpha value is -2.47. The van der Waals surface area contributed by atoms with Gasteiger partial charge in [0.25, 0.3) is 0 Å². The zero-order chi connectivity index (χ0) is 20.6. The summed E-state index contributed by atoms with van der Waals surface area (Å²) in [6.45, 7) is 2.01. The highest BCUT2D eigenvalue weighted by molar-refractivity contribution is 6.39. The molecule has 0 unspecified atom stereocenters. The number of rotatable bonds is 8. The summed E-state index contributed by atoms with van der Waals surface area (Å²) in [7, 11) is 1.61. The number of carbonyl (C=O) groups excluding carboxylic acids is 1. The number of anilines is 1. The first-order valence-corrected chi connectivity index (χ1v) is 10.0. The van der Waals surface area contributed by atoms with Crippen molar-refractivity contribution in [2.24, 2.45) is 0 Å². The molecule has 29 heavy (non-hydrogen) atoms. The number of hydrogen-bond acceptors (Lipinski definition) is 2. The van der Waals surface area contributed by atoms with Gasteiger partial charge in [-0.05, 0) is 29.8 Å². The Labute approximate surface area is 180 Å². The predicted molar refractivity (Wildman–Crippen MR) is 118 cm³/mol. The van der Waals surface area contributed by atoms with Gasteiger partial charge in [0.2, 0.25) is 0 Å². The molecule has 0 atom stereocenters. The Bertz CT molecular complexity index is 924. The molecule has 0 aliphatic heterocycles. The summed E-state index contributed by atoms with van der Waals surface area (Å²) in [5, 5.41) is 3.61. The lowest BCUT2D eigenvalue weighted by Gasteiger charge is -2.24. The molecule has 3 rings (SSSR count). The molecular weight excluding hydrogens is 409 g/mol. The van der Waals surface area contributed by atoms with Crippen molar-refractivity contribution < 1.29 is 9.53 Å². The van der Waals surface area contributed by atoms with Crippen LogP contribution in [0.3, 0.4) is 0 Å². The van der Waals surface area contributed by atoms with Crippen LogP contribution in [-0.2, 0) is 17.8 Å². The summed E-state index contributed by atoms with van der Waals surface area (Å²) >= 11 is 12.4. The van der Waals surface area contributed by atoms with Crippen molar-refractivity contribution >= 4 is 34.9 Å². The molecule has 0 radical (unpaired) electrons. The molecule has 0 fully saturated rings. The van der Waals surface area contributed by atoms with Crippen LogP contribution in [0.4, 0.5) is 10.5 Å². The number of carbonyl (C=O) groups is 1. The van der Waals surface area contributed by atoms with Crippen LogP contribution in [0, 0.1) is 0 Å². The van der Waals surface area contributed by atoms with Crippen molar-refractivity contribution in [2.75, 3.05) is 25.6 Å². The number of para-hydroxylation sites is 1. The Balaban J connectivity index is 1.76. The van der Waals surface area contributed by atoms with Crippen molar-refractivity contribution in [1.29, 1.82) is 0 Å². The van der Waals surface area contributed by atoms with Crippen molar-refractivity contribution in [1.82, 2.24) is 9.47 Å². The molecule has 0 spiro atoms. The Morgan fingerprint density at radius 1 is 1.03 bits per heavy atom. The second kappa shape index (κ2) is 10.3. The lowest BCUT2D eigenvalue weighted by Crippen LogP contribution is -2.37. The average molecular weight is 432 g/mol. The zero-order valence-electron chi connectivity index (χ0n) is 16.1. The molecule has 0 aliphatic carbocycles. The average Bonchev–Trinajstić information content (AvgIpc) is 3.15. The number of nitrogens with one attached hydrogen (secondary N) is 1. The van der Waals surface area contributed by atoms with Gasteiger partial charge in [0.15, 0.2) is 0 Å². The second-order valence-corrected chi connectivity index (χ2v) is 7.37.